The van der Waals surface area contributed by atoms with Crippen LogP contribution in [0.4, 0.5) is 12.9 Å². The smallest absolute Gasteiger partial charge is 0.507 e. The second-order valence-corrected chi connectivity index (χ2v) is 2.88. The van der Waals surface area contributed by atoms with Gasteiger partial charge in [0.15, 0.2) is 0 Å². The maximum absolute atomic E-state index is 12.0. The maximum atomic E-state index is 12.0. The maximum Gasteiger partial charge on any atom is 1.00 e. The summed E-state index contributed by atoms with van der Waals surface area (Å²) in [5.41, 5.74) is 0.0270. The van der Waals surface area contributed by atoms with Crippen molar-refractivity contribution >= 4 is 13.1 Å². The van der Waals surface area contributed by atoms with Crippen LogP contribution in [0.15, 0.2) is 24.2 Å². The van der Waals surface area contributed by atoms with E-state index in [-0.39, 0.29) is 74.4 Å². The summed E-state index contributed by atoms with van der Waals surface area (Å²) in [5, 5.41) is 9.33. The second kappa shape index (κ2) is 6.71. The number of hydrogen-bond donors (Lipinski definition) is 1. The zero-order chi connectivity index (χ0) is 11.5. The molecule has 1 N–H and O–H groups in total. The first kappa shape index (κ1) is 16.1. The summed E-state index contributed by atoms with van der Waals surface area (Å²) >= 11 is 0. The predicted molar refractivity (Wildman–Crippen MR) is 52.8 cm³/mol. The molecule has 0 spiro atoms. The van der Waals surface area contributed by atoms with E-state index in [0.29, 0.717) is 0 Å². The van der Waals surface area contributed by atoms with E-state index in [9.17, 15) is 18.1 Å². The molecule has 0 atom stereocenters. The number of hydrogen-bond acceptors (Lipinski definition) is 2. The summed E-state index contributed by atoms with van der Waals surface area (Å²) in [4.78, 5) is 0. The Morgan fingerprint density at radius 3 is 2.44 bits per heavy atom. The SMILES string of the molecule is COc1cccc(O)c1/C=C/[B-](F)(F)F.[K+]. The van der Waals surface area contributed by atoms with Crippen molar-refractivity contribution in [1.82, 2.24) is 0 Å². The molecule has 0 unspecified atom stereocenters. The normalized spacial score (nSPS) is 11.2. The van der Waals surface area contributed by atoms with E-state index in [1.54, 1.807) is 0 Å². The number of halogens is 3. The van der Waals surface area contributed by atoms with Crippen LogP contribution in [0.5, 0.6) is 11.5 Å². The minimum absolute atomic E-state index is 0. The molecule has 1 aromatic rings. The molecule has 0 saturated carbocycles. The van der Waals surface area contributed by atoms with Gasteiger partial charge in [0, 0.05) is 0 Å². The van der Waals surface area contributed by atoms with Gasteiger partial charge in [-0.25, -0.2) is 0 Å². The first-order valence-corrected chi connectivity index (χ1v) is 4.19. The Hall–Kier alpha value is 0.0513. The molecule has 0 fully saturated rings. The number of benzene rings is 1. The summed E-state index contributed by atoms with van der Waals surface area (Å²) in [6.45, 7) is -5.01. The summed E-state index contributed by atoms with van der Waals surface area (Å²) < 4.78 is 40.7. The summed E-state index contributed by atoms with van der Waals surface area (Å²) in [5.74, 6) is 0.0642. The Labute approximate surface area is 134 Å². The molecule has 1 aromatic carbocycles. The molecule has 2 nitrogen and oxygen atoms in total. The fraction of sp³-hybridized carbons (Fsp3) is 0.111. The van der Waals surface area contributed by atoms with E-state index in [1.807, 2.05) is 0 Å². The first-order valence-electron chi connectivity index (χ1n) is 4.19. The third kappa shape index (κ3) is 4.92. The van der Waals surface area contributed by atoms with E-state index < -0.39 is 6.98 Å². The van der Waals surface area contributed by atoms with Gasteiger partial charge in [-0.15, -0.1) is 5.98 Å². The van der Waals surface area contributed by atoms with Crippen LogP contribution in [0, 0.1) is 0 Å². The predicted octanol–water partition coefficient (Wildman–Crippen LogP) is -0.195. The van der Waals surface area contributed by atoms with Crippen molar-refractivity contribution in [3.63, 3.8) is 0 Å². The van der Waals surface area contributed by atoms with Gasteiger partial charge >= 0.3 is 58.4 Å². The van der Waals surface area contributed by atoms with Crippen LogP contribution < -0.4 is 56.1 Å². The van der Waals surface area contributed by atoms with Gasteiger partial charge in [0.05, 0.1) is 12.7 Å². The van der Waals surface area contributed by atoms with Crippen molar-refractivity contribution in [2.24, 2.45) is 0 Å². The van der Waals surface area contributed by atoms with Crippen molar-refractivity contribution in [3.05, 3.63) is 29.7 Å². The molecular formula is C9H9BF3KO2. The fourth-order valence-electron chi connectivity index (χ4n) is 1.08. The van der Waals surface area contributed by atoms with Crippen LogP contribution >= 0.6 is 0 Å². The van der Waals surface area contributed by atoms with Gasteiger partial charge < -0.3 is 22.8 Å². The summed E-state index contributed by atoms with van der Waals surface area (Å²) in [7, 11) is 1.32. The van der Waals surface area contributed by atoms with E-state index in [2.05, 4.69) is 0 Å². The Morgan fingerprint density at radius 2 is 1.94 bits per heavy atom. The fourth-order valence-corrected chi connectivity index (χ4v) is 1.08. The Morgan fingerprint density at radius 1 is 1.31 bits per heavy atom. The molecule has 82 valence electrons. The van der Waals surface area contributed by atoms with E-state index >= 15 is 0 Å². The number of methoxy groups -OCH3 is 1. The Kier molecular flexibility index (Phi) is 6.73. The molecule has 0 aliphatic rings. The number of phenols is 1. The van der Waals surface area contributed by atoms with Crippen LogP contribution in [0.2, 0.25) is 0 Å². The number of aromatic hydroxyl groups is 1. The van der Waals surface area contributed by atoms with Gasteiger partial charge in [-0.2, -0.15) is 0 Å². The minimum Gasteiger partial charge on any atom is -0.507 e. The van der Waals surface area contributed by atoms with Crippen molar-refractivity contribution in [1.29, 1.82) is 0 Å². The third-order valence-electron chi connectivity index (χ3n) is 1.74. The summed E-state index contributed by atoms with van der Waals surface area (Å²) in [6, 6.07) is 4.26. The molecule has 0 radical (unpaired) electrons. The standard InChI is InChI=1S/C9H9BF3O2.K/c1-15-9-4-2-3-8(14)7(9)5-6-10(11,12)13;/h2-6,14H,1H3;/q-1;+1/b6-5+;. The molecule has 0 heterocycles. The van der Waals surface area contributed by atoms with Crippen molar-refractivity contribution in [3.8, 4) is 11.5 Å². The van der Waals surface area contributed by atoms with Crippen molar-refractivity contribution < 1.29 is 74.2 Å². The molecule has 0 amide bonds. The molecule has 0 bridgehead atoms. The van der Waals surface area contributed by atoms with Gasteiger partial charge in [-0.1, -0.05) is 12.1 Å². The van der Waals surface area contributed by atoms with Crippen LogP contribution in [-0.4, -0.2) is 19.2 Å². The monoisotopic (exact) mass is 256 g/mol. The van der Waals surface area contributed by atoms with Crippen molar-refractivity contribution in [2.75, 3.05) is 7.11 Å². The largest absolute Gasteiger partial charge is 1.00 e. The topological polar surface area (TPSA) is 29.5 Å². The number of ether oxygens (including phenoxy) is 1. The van der Waals surface area contributed by atoms with Gasteiger partial charge in [-0.05, 0) is 12.1 Å². The Balaban J connectivity index is 0.00000225. The minimum atomic E-state index is -5.01. The first-order chi connectivity index (χ1) is 6.94. The van der Waals surface area contributed by atoms with Crippen LogP contribution in [0.25, 0.3) is 6.08 Å². The average Bonchev–Trinajstić information content (AvgIpc) is 2.14. The molecule has 16 heavy (non-hydrogen) atoms. The zero-order valence-corrected chi connectivity index (χ0v) is 12.1. The van der Waals surface area contributed by atoms with Gasteiger partial charge in [0.1, 0.15) is 11.5 Å². The zero-order valence-electron chi connectivity index (χ0n) is 8.95. The molecule has 0 aliphatic carbocycles. The molecule has 0 saturated heterocycles. The quantitative estimate of drug-likeness (QED) is 0.759. The van der Waals surface area contributed by atoms with E-state index in [1.165, 1.54) is 25.3 Å². The third-order valence-corrected chi connectivity index (χ3v) is 1.74. The van der Waals surface area contributed by atoms with Crippen LogP contribution in [-0.2, 0) is 0 Å². The second-order valence-electron chi connectivity index (χ2n) is 2.88. The van der Waals surface area contributed by atoms with E-state index in [0.717, 1.165) is 6.08 Å². The molecule has 0 aromatic heterocycles. The van der Waals surface area contributed by atoms with Gasteiger partial charge in [-0.3, -0.25) is 0 Å². The molecular weight excluding hydrogens is 247 g/mol. The summed E-state index contributed by atoms with van der Waals surface area (Å²) in [6.07, 6.45) is 0.800. The van der Waals surface area contributed by atoms with Gasteiger partial charge in [0.2, 0.25) is 0 Å². The van der Waals surface area contributed by atoms with Crippen LogP contribution in [0.3, 0.4) is 0 Å². The molecule has 7 heteroatoms. The average molecular weight is 256 g/mol. The van der Waals surface area contributed by atoms with Gasteiger partial charge in [0.25, 0.3) is 0 Å². The number of phenolic OH excluding ortho intramolecular Hbond substituents is 1. The molecule has 1 rings (SSSR count). The Bertz CT molecular complexity index is 380. The van der Waals surface area contributed by atoms with Crippen molar-refractivity contribution in [2.45, 2.75) is 0 Å². The van der Waals surface area contributed by atoms with E-state index in [4.69, 9.17) is 4.74 Å². The number of rotatable bonds is 3. The van der Waals surface area contributed by atoms with Crippen LogP contribution in [0.1, 0.15) is 5.56 Å². The molecule has 0 aliphatic heterocycles.